The van der Waals surface area contributed by atoms with Crippen LogP contribution in [0.4, 0.5) is 0 Å². The van der Waals surface area contributed by atoms with Crippen molar-refractivity contribution in [2.45, 2.75) is 19.6 Å². The molecule has 114 valence electrons. The van der Waals surface area contributed by atoms with Crippen LogP contribution < -0.4 is 5.32 Å². The molecule has 4 heteroatoms. The normalized spacial score (nSPS) is 10.4. The van der Waals surface area contributed by atoms with E-state index in [4.69, 9.17) is 5.26 Å². The lowest BCUT2D eigenvalue weighted by molar-refractivity contribution is 0.677. The second-order valence-electron chi connectivity index (χ2n) is 5.45. The maximum atomic E-state index is 8.91. The number of benzene rings is 2. The second-order valence-corrected chi connectivity index (χ2v) is 5.45. The molecule has 1 aromatic heterocycles. The number of nitrogens with zero attached hydrogens (tertiary/aromatic N) is 3. The average Bonchev–Trinajstić information content (AvgIpc) is 3.03. The Kier molecular flexibility index (Phi) is 4.82. The Balaban J connectivity index is 1.52. The van der Waals surface area contributed by atoms with Crippen molar-refractivity contribution >= 4 is 0 Å². The number of hydrogen-bond donors (Lipinski definition) is 1. The quantitative estimate of drug-likeness (QED) is 0.761. The molecule has 0 radical (unpaired) electrons. The van der Waals surface area contributed by atoms with Crippen molar-refractivity contribution in [2.24, 2.45) is 0 Å². The SMILES string of the molecule is N#Cc1cccc(CNCc2cnn(Cc3ccccc3)c2)c1. The van der Waals surface area contributed by atoms with Gasteiger partial charge in [0.15, 0.2) is 0 Å². The van der Waals surface area contributed by atoms with Crippen molar-refractivity contribution in [1.29, 1.82) is 5.26 Å². The van der Waals surface area contributed by atoms with Crippen molar-refractivity contribution in [2.75, 3.05) is 0 Å². The summed E-state index contributed by atoms with van der Waals surface area (Å²) in [5.41, 5.74) is 4.20. The smallest absolute Gasteiger partial charge is 0.0991 e. The van der Waals surface area contributed by atoms with Crippen LogP contribution in [0.2, 0.25) is 0 Å². The minimum atomic E-state index is 0.694. The van der Waals surface area contributed by atoms with Crippen LogP contribution in [-0.4, -0.2) is 9.78 Å². The molecule has 1 N–H and O–H groups in total. The van der Waals surface area contributed by atoms with Gasteiger partial charge < -0.3 is 5.32 Å². The molecule has 0 saturated heterocycles. The molecule has 0 atom stereocenters. The second kappa shape index (κ2) is 7.39. The predicted molar refractivity (Wildman–Crippen MR) is 89.5 cm³/mol. The minimum Gasteiger partial charge on any atom is -0.309 e. The lowest BCUT2D eigenvalue weighted by atomic mass is 10.1. The summed E-state index contributed by atoms with van der Waals surface area (Å²) in [6.45, 7) is 2.27. The number of rotatable bonds is 6. The lowest BCUT2D eigenvalue weighted by Gasteiger charge is -2.04. The Hall–Kier alpha value is -2.90. The lowest BCUT2D eigenvalue weighted by Crippen LogP contribution is -2.12. The zero-order valence-corrected chi connectivity index (χ0v) is 12.8. The van der Waals surface area contributed by atoms with Gasteiger partial charge in [0.05, 0.1) is 24.4 Å². The van der Waals surface area contributed by atoms with Gasteiger partial charge in [-0.25, -0.2) is 0 Å². The third kappa shape index (κ3) is 4.29. The van der Waals surface area contributed by atoms with Gasteiger partial charge in [0.25, 0.3) is 0 Å². The van der Waals surface area contributed by atoms with Gasteiger partial charge in [-0.1, -0.05) is 42.5 Å². The summed E-state index contributed by atoms with van der Waals surface area (Å²) < 4.78 is 1.95. The molecule has 23 heavy (non-hydrogen) atoms. The van der Waals surface area contributed by atoms with E-state index in [1.165, 1.54) is 5.56 Å². The molecule has 4 nitrogen and oxygen atoms in total. The maximum Gasteiger partial charge on any atom is 0.0991 e. The van der Waals surface area contributed by atoms with Crippen LogP contribution >= 0.6 is 0 Å². The summed E-state index contributed by atoms with van der Waals surface area (Å²) in [7, 11) is 0. The monoisotopic (exact) mass is 302 g/mol. The summed E-state index contributed by atoms with van der Waals surface area (Å²) in [6, 6.07) is 20.1. The first-order chi connectivity index (χ1) is 11.3. The fraction of sp³-hybridized carbons (Fsp3) is 0.158. The molecule has 3 rings (SSSR count). The Labute approximate surface area is 136 Å². The summed E-state index contributed by atoms with van der Waals surface area (Å²) >= 11 is 0. The van der Waals surface area contributed by atoms with E-state index in [0.717, 1.165) is 30.8 Å². The fourth-order valence-corrected chi connectivity index (χ4v) is 2.46. The van der Waals surface area contributed by atoms with E-state index >= 15 is 0 Å². The van der Waals surface area contributed by atoms with Crippen LogP contribution in [0.25, 0.3) is 0 Å². The third-order valence-corrected chi connectivity index (χ3v) is 3.59. The van der Waals surface area contributed by atoms with Crippen LogP contribution in [-0.2, 0) is 19.6 Å². The van der Waals surface area contributed by atoms with Crippen LogP contribution in [0, 0.1) is 11.3 Å². The highest BCUT2D eigenvalue weighted by Crippen LogP contribution is 2.06. The number of nitriles is 1. The van der Waals surface area contributed by atoms with Gasteiger partial charge >= 0.3 is 0 Å². The van der Waals surface area contributed by atoms with Crippen LogP contribution in [0.3, 0.4) is 0 Å². The summed E-state index contributed by atoms with van der Waals surface area (Å²) in [4.78, 5) is 0. The zero-order valence-electron chi connectivity index (χ0n) is 12.8. The summed E-state index contributed by atoms with van der Waals surface area (Å²) in [5.74, 6) is 0. The van der Waals surface area contributed by atoms with Crippen molar-refractivity contribution in [3.63, 3.8) is 0 Å². The first-order valence-corrected chi connectivity index (χ1v) is 7.58. The molecule has 3 aromatic rings. The molecule has 0 aliphatic heterocycles. The largest absolute Gasteiger partial charge is 0.309 e. The minimum absolute atomic E-state index is 0.694. The Morgan fingerprint density at radius 2 is 1.74 bits per heavy atom. The molecular formula is C19H18N4. The molecule has 0 spiro atoms. The van der Waals surface area contributed by atoms with E-state index in [0.29, 0.717) is 5.56 Å². The van der Waals surface area contributed by atoms with E-state index in [1.54, 1.807) is 0 Å². The van der Waals surface area contributed by atoms with Gasteiger partial charge in [-0.15, -0.1) is 0 Å². The van der Waals surface area contributed by atoms with Crippen molar-refractivity contribution in [1.82, 2.24) is 15.1 Å². The maximum absolute atomic E-state index is 8.91. The topological polar surface area (TPSA) is 53.6 Å². The molecule has 0 bridgehead atoms. The van der Waals surface area contributed by atoms with Gasteiger partial charge in [-0.2, -0.15) is 10.4 Å². The van der Waals surface area contributed by atoms with Crippen LogP contribution in [0.5, 0.6) is 0 Å². The molecule has 0 aliphatic carbocycles. The van der Waals surface area contributed by atoms with Gasteiger partial charge in [0.2, 0.25) is 0 Å². The number of aromatic nitrogens is 2. The predicted octanol–water partition coefficient (Wildman–Crippen LogP) is 3.09. The first-order valence-electron chi connectivity index (χ1n) is 7.58. The zero-order chi connectivity index (χ0) is 15.9. The van der Waals surface area contributed by atoms with Crippen molar-refractivity contribution in [3.8, 4) is 6.07 Å². The van der Waals surface area contributed by atoms with Gasteiger partial charge in [0.1, 0.15) is 0 Å². The fourth-order valence-electron chi connectivity index (χ4n) is 2.46. The van der Waals surface area contributed by atoms with Gasteiger partial charge in [-0.05, 0) is 23.3 Å². The van der Waals surface area contributed by atoms with E-state index in [-0.39, 0.29) is 0 Å². The van der Waals surface area contributed by atoms with E-state index in [9.17, 15) is 0 Å². The van der Waals surface area contributed by atoms with Crippen molar-refractivity contribution in [3.05, 3.63) is 89.2 Å². The standard InChI is InChI=1S/C19H18N4/c20-10-17-7-4-8-18(9-17)11-21-12-19-13-22-23(15-19)14-16-5-2-1-3-6-16/h1-9,13,15,21H,11-12,14H2. The summed E-state index contributed by atoms with van der Waals surface area (Å²) in [6.07, 6.45) is 3.95. The van der Waals surface area contributed by atoms with Gasteiger partial charge in [0, 0.05) is 24.8 Å². The van der Waals surface area contributed by atoms with Gasteiger partial charge in [-0.3, -0.25) is 4.68 Å². The Morgan fingerprint density at radius 1 is 0.957 bits per heavy atom. The van der Waals surface area contributed by atoms with E-state index in [1.807, 2.05) is 53.3 Å². The molecule has 0 saturated carbocycles. The first kappa shape index (κ1) is 15.0. The van der Waals surface area contributed by atoms with Crippen LogP contribution in [0.15, 0.2) is 67.0 Å². The highest BCUT2D eigenvalue weighted by molar-refractivity contribution is 5.32. The highest BCUT2D eigenvalue weighted by atomic mass is 15.3. The van der Waals surface area contributed by atoms with E-state index in [2.05, 4.69) is 34.8 Å². The molecule has 0 amide bonds. The highest BCUT2D eigenvalue weighted by Gasteiger charge is 2.00. The van der Waals surface area contributed by atoms with E-state index < -0.39 is 0 Å². The molecule has 0 unspecified atom stereocenters. The van der Waals surface area contributed by atoms with Crippen LogP contribution in [0.1, 0.15) is 22.3 Å². The molecule has 2 aromatic carbocycles. The average molecular weight is 302 g/mol. The summed E-state index contributed by atoms with van der Waals surface area (Å²) in [5, 5.41) is 16.7. The number of hydrogen-bond acceptors (Lipinski definition) is 3. The molecule has 0 aliphatic rings. The Bertz CT molecular complexity index is 799. The van der Waals surface area contributed by atoms with Crippen molar-refractivity contribution < 1.29 is 0 Å². The number of nitrogens with one attached hydrogen (secondary N) is 1. The third-order valence-electron chi connectivity index (χ3n) is 3.59. The molecule has 1 heterocycles. The molecular weight excluding hydrogens is 284 g/mol. The molecule has 0 fully saturated rings. The Morgan fingerprint density at radius 3 is 2.57 bits per heavy atom.